The Morgan fingerprint density at radius 1 is 1.33 bits per heavy atom. The first-order chi connectivity index (χ1) is 15.8. The zero-order valence-electron chi connectivity index (χ0n) is 19.7. The van der Waals surface area contributed by atoms with E-state index in [0.29, 0.717) is 25.4 Å². The van der Waals surface area contributed by atoms with Crippen LogP contribution in [-0.4, -0.2) is 62.4 Å². The van der Waals surface area contributed by atoms with Crippen LogP contribution in [0.3, 0.4) is 0 Å². The van der Waals surface area contributed by atoms with Gasteiger partial charge in [0, 0.05) is 7.11 Å². The van der Waals surface area contributed by atoms with Crippen molar-refractivity contribution in [1.82, 2.24) is 4.90 Å². The number of nitrogens with one attached hydrogen (secondary N) is 1. The van der Waals surface area contributed by atoms with Crippen LogP contribution in [-0.2, 0) is 25.4 Å². The van der Waals surface area contributed by atoms with Gasteiger partial charge in [-0.3, -0.25) is 15.1 Å². The standard InChI is InChI=1S/C25H34N4O4/c1-15-9-25(10-16(2)22(15)31-3)11-18-5-4-17(12-26)8-20(18)21(25)23(30)29(24(27)28)13-19-14-32-6-7-33-19/h4-5,8,15-16,19,21-22H,6-7,9-11,13-14H2,1-3H3,(H3,27,28). The molecule has 8 nitrogen and oxygen atoms in total. The minimum absolute atomic E-state index is 0.140. The van der Waals surface area contributed by atoms with E-state index in [1.165, 1.54) is 4.90 Å². The average molecular weight is 455 g/mol. The third kappa shape index (κ3) is 4.37. The van der Waals surface area contributed by atoms with Gasteiger partial charge in [-0.1, -0.05) is 19.9 Å². The van der Waals surface area contributed by atoms with Crippen LogP contribution < -0.4 is 5.73 Å². The number of guanidine groups is 1. The Hall–Kier alpha value is -2.47. The molecule has 3 aliphatic rings. The average Bonchev–Trinajstić information content (AvgIpc) is 3.08. The summed E-state index contributed by atoms with van der Waals surface area (Å²) in [4.78, 5) is 15.5. The van der Waals surface area contributed by atoms with Gasteiger partial charge in [0.15, 0.2) is 5.96 Å². The van der Waals surface area contributed by atoms with Crippen molar-refractivity contribution < 1.29 is 19.0 Å². The minimum atomic E-state index is -0.475. The molecule has 1 saturated carbocycles. The summed E-state index contributed by atoms with van der Waals surface area (Å²) < 4.78 is 17.0. The molecule has 0 bridgehead atoms. The lowest BCUT2D eigenvalue weighted by Crippen LogP contribution is -2.53. The number of nitriles is 1. The molecule has 1 aliphatic heterocycles. The number of amides is 1. The molecule has 33 heavy (non-hydrogen) atoms. The molecule has 1 saturated heterocycles. The minimum Gasteiger partial charge on any atom is -0.381 e. The van der Waals surface area contributed by atoms with Gasteiger partial charge in [-0.05, 0) is 59.8 Å². The fourth-order valence-corrected chi connectivity index (χ4v) is 6.61. The Kier molecular flexibility index (Phi) is 6.76. The van der Waals surface area contributed by atoms with E-state index in [1.807, 2.05) is 18.2 Å². The Labute approximate surface area is 195 Å². The number of rotatable bonds is 4. The van der Waals surface area contributed by atoms with Gasteiger partial charge in [0.25, 0.3) is 0 Å². The molecule has 2 fully saturated rings. The molecule has 3 N–H and O–H groups in total. The first-order valence-corrected chi connectivity index (χ1v) is 11.7. The molecule has 1 aromatic carbocycles. The predicted molar refractivity (Wildman–Crippen MR) is 123 cm³/mol. The summed E-state index contributed by atoms with van der Waals surface area (Å²) >= 11 is 0. The Bertz CT molecular complexity index is 940. The van der Waals surface area contributed by atoms with Crippen LogP contribution in [0, 0.1) is 34.0 Å². The van der Waals surface area contributed by atoms with E-state index >= 15 is 0 Å². The van der Waals surface area contributed by atoms with E-state index in [2.05, 4.69) is 19.9 Å². The summed E-state index contributed by atoms with van der Waals surface area (Å²) in [5, 5.41) is 17.7. The summed E-state index contributed by atoms with van der Waals surface area (Å²) in [6.45, 7) is 5.90. The molecule has 2 aliphatic carbocycles. The van der Waals surface area contributed by atoms with Crippen molar-refractivity contribution in [3.8, 4) is 6.07 Å². The number of hydrogen-bond acceptors (Lipinski definition) is 6. The number of methoxy groups -OCH3 is 1. The highest BCUT2D eigenvalue weighted by atomic mass is 16.6. The summed E-state index contributed by atoms with van der Waals surface area (Å²) in [6.07, 6.45) is 2.25. The monoisotopic (exact) mass is 454 g/mol. The number of benzene rings is 1. The second-order valence-electron chi connectivity index (χ2n) is 9.96. The van der Waals surface area contributed by atoms with Crippen LogP contribution in [0.25, 0.3) is 0 Å². The van der Waals surface area contributed by atoms with Gasteiger partial charge in [-0.15, -0.1) is 0 Å². The molecule has 0 aromatic heterocycles. The topological polar surface area (TPSA) is 122 Å². The zero-order valence-corrected chi connectivity index (χ0v) is 19.7. The van der Waals surface area contributed by atoms with Crippen molar-refractivity contribution in [3.05, 3.63) is 34.9 Å². The van der Waals surface area contributed by atoms with Gasteiger partial charge >= 0.3 is 0 Å². The number of ether oxygens (including phenoxy) is 3. The quantitative estimate of drug-likeness (QED) is 0.532. The van der Waals surface area contributed by atoms with Gasteiger partial charge in [0.1, 0.15) is 0 Å². The van der Waals surface area contributed by atoms with Crippen molar-refractivity contribution in [3.63, 3.8) is 0 Å². The Balaban J connectivity index is 1.73. The van der Waals surface area contributed by atoms with Gasteiger partial charge in [0.2, 0.25) is 5.91 Å². The smallest absolute Gasteiger partial charge is 0.237 e. The molecule has 1 amide bonds. The van der Waals surface area contributed by atoms with E-state index in [1.54, 1.807) is 7.11 Å². The van der Waals surface area contributed by atoms with Gasteiger partial charge in [-0.25, -0.2) is 0 Å². The molecule has 4 unspecified atom stereocenters. The third-order valence-corrected chi connectivity index (χ3v) is 7.67. The molecule has 4 atom stereocenters. The Morgan fingerprint density at radius 3 is 2.64 bits per heavy atom. The molecular weight excluding hydrogens is 420 g/mol. The third-order valence-electron chi connectivity index (χ3n) is 7.67. The van der Waals surface area contributed by atoms with Crippen molar-refractivity contribution in [1.29, 1.82) is 10.7 Å². The number of nitrogens with zero attached hydrogens (tertiary/aromatic N) is 2. The van der Waals surface area contributed by atoms with Crippen molar-refractivity contribution in [2.24, 2.45) is 23.0 Å². The van der Waals surface area contributed by atoms with Crippen molar-refractivity contribution in [2.45, 2.75) is 51.2 Å². The number of carbonyl (C=O) groups excluding carboxylic acids is 1. The van der Waals surface area contributed by atoms with Crippen LogP contribution in [0.2, 0.25) is 0 Å². The zero-order chi connectivity index (χ0) is 23.8. The molecule has 1 aromatic rings. The molecular formula is C25H34N4O4. The molecule has 8 heteroatoms. The number of carbonyl (C=O) groups is 1. The molecule has 178 valence electrons. The van der Waals surface area contributed by atoms with Crippen LogP contribution in [0.15, 0.2) is 18.2 Å². The van der Waals surface area contributed by atoms with E-state index < -0.39 is 5.92 Å². The number of fused-ring (bicyclic) bond motifs is 1. The molecule has 1 spiro atoms. The molecule has 4 rings (SSSR count). The van der Waals surface area contributed by atoms with Crippen molar-refractivity contribution >= 4 is 11.9 Å². The number of nitrogens with two attached hydrogens (primary N) is 1. The summed E-state index contributed by atoms with van der Waals surface area (Å²) in [7, 11) is 1.75. The maximum atomic E-state index is 14.2. The number of hydrogen-bond donors (Lipinski definition) is 2. The summed E-state index contributed by atoms with van der Waals surface area (Å²) in [5.41, 5.74) is 8.15. The summed E-state index contributed by atoms with van der Waals surface area (Å²) in [6, 6.07) is 7.87. The highest BCUT2D eigenvalue weighted by Gasteiger charge is 2.55. The first kappa shape index (κ1) is 23.7. The van der Waals surface area contributed by atoms with E-state index in [-0.39, 0.29) is 47.9 Å². The SMILES string of the molecule is COC1C(C)CC2(Cc3ccc(C#N)cc3C2C(=O)N(CC2COCCO2)C(=N)N)CC1C. The van der Waals surface area contributed by atoms with Gasteiger partial charge in [0.05, 0.1) is 56.1 Å². The van der Waals surface area contributed by atoms with Crippen LogP contribution in [0.4, 0.5) is 0 Å². The maximum absolute atomic E-state index is 14.2. The summed E-state index contributed by atoms with van der Waals surface area (Å²) in [5.74, 6) is -0.405. The highest BCUT2D eigenvalue weighted by Crippen LogP contribution is 2.58. The lowest BCUT2D eigenvalue weighted by molar-refractivity contribution is -0.140. The predicted octanol–water partition coefficient (Wildman–Crippen LogP) is 2.40. The largest absolute Gasteiger partial charge is 0.381 e. The lowest BCUT2D eigenvalue weighted by Gasteiger charge is -2.48. The fraction of sp³-hybridized carbons (Fsp3) is 0.640. The second-order valence-corrected chi connectivity index (χ2v) is 9.96. The van der Waals surface area contributed by atoms with Crippen LogP contribution in [0.5, 0.6) is 0 Å². The fourth-order valence-electron chi connectivity index (χ4n) is 6.61. The van der Waals surface area contributed by atoms with Crippen LogP contribution in [0.1, 0.15) is 49.3 Å². The second kappa shape index (κ2) is 9.41. The molecule has 0 radical (unpaired) electrons. The maximum Gasteiger partial charge on any atom is 0.237 e. The van der Waals surface area contributed by atoms with E-state index in [0.717, 1.165) is 30.4 Å². The first-order valence-electron chi connectivity index (χ1n) is 11.7. The lowest BCUT2D eigenvalue weighted by atomic mass is 9.59. The Morgan fingerprint density at radius 2 is 2.06 bits per heavy atom. The van der Waals surface area contributed by atoms with E-state index in [4.69, 9.17) is 25.4 Å². The molecule has 1 heterocycles. The van der Waals surface area contributed by atoms with Crippen LogP contribution >= 0.6 is 0 Å². The highest BCUT2D eigenvalue weighted by molar-refractivity contribution is 5.99. The normalized spacial score (nSPS) is 33.3. The van der Waals surface area contributed by atoms with Gasteiger partial charge < -0.3 is 19.9 Å². The van der Waals surface area contributed by atoms with Gasteiger partial charge in [-0.2, -0.15) is 5.26 Å². The van der Waals surface area contributed by atoms with Crippen molar-refractivity contribution in [2.75, 3.05) is 33.5 Å². The van der Waals surface area contributed by atoms with E-state index in [9.17, 15) is 10.1 Å².